The van der Waals surface area contributed by atoms with Crippen LogP contribution in [0.5, 0.6) is 0 Å². The van der Waals surface area contributed by atoms with Gasteiger partial charge in [-0.15, -0.1) is 0 Å². The fraction of sp³-hybridized carbons (Fsp3) is 0.882. The van der Waals surface area contributed by atoms with Crippen LogP contribution in [0.2, 0.25) is 0 Å². The van der Waals surface area contributed by atoms with Crippen LogP contribution in [0.4, 0.5) is 0 Å². The highest BCUT2D eigenvalue weighted by atomic mass is 16.2. The van der Waals surface area contributed by atoms with E-state index < -0.39 is 0 Å². The molecule has 0 aromatic heterocycles. The van der Waals surface area contributed by atoms with Gasteiger partial charge in [-0.2, -0.15) is 0 Å². The number of hydrogen-bond donors (Lipinski definition) is 1. The average Bonchev–Trinajstić information content (AvgIpc) is 2.25. The van der Waals surface area contributed by atoms with E-state index in [0.717, 1.165) is 6.42 Å². The third kappa shape index (κ3) is 7.60. The average molecular weight is 298 g/mol. The number of carbonyl (C=O) groups excluding carboxylic acids is 2. The monoisotopic (exact) mass is 298 g/mol. The second-order valence-corrected chi connectivity index (χ2v) is 7.90. The van der Waals surface area contributed by atoms with Crippen molar-refractivity contribution in [3.05, 3.63) is 0 Å². The third-order valence-electron chi connectivity index (χ3n) is 4.35. The van der Waals surface area contributed by atoms with Crippen LogP contribution in [0.1, 0.15) is 54.9 Å². The number of nitrogens with one attached hydrogen (secondary N) is 1. The van der Waals surface area contributed by atoms with Gasteiger partial charge in [-0.1, -0.05) is 41.5 Å². The highest BCUT2D eigenvalue weighted by Crippen LogP contribution is 2.39. The first kappa shape index (κ1) is 20.1. The molecule has 0 rings (SSSR count). The fourth-order valence-electron chi connectivity index (χ4n) is 2.48. The summed E-state index contributed by atoms with van der Waals surface area (Å²) in [4.78, 5) is 25.3. The van der Waals surface area contributed by atoms with Gasteiger partial charge in [0.15, 0.2) is 0 Å². The largest absolute Gasteiger partial charge is 0.354 e. The standard InChI is InChI=1S/C17H34N2O2/c1-13(2)16(4,5)12-17(6,7)15(21)18-9-10-19(8)11-14(3)20/h13H,9-12H2,1-8H3,(H,18,21). The first-order valence-corrected chi connectivity index (χ1v) is 7.85. The number of nitrogens with zero attached hydrogens (tertiary/aromatic N) is 1. The fourth-order valence-corrected chi connectivity index (χ4v) is 2.48. The Hall–Kier alpha value is -0.900. The molecule has 0 aliphatic rings. The molecule has 4 heteroatoms. The summed E-state index contributed by atoms with van der Waals surface area (Å²) in [5, 5.41) is 3.00. The lowest BCUT2D eigenvalue weighted by molar-refractivity contribution is -0.131. The number of hydrogen-bond acceptors (Lipinski definition) is 3. The minimum Gasteiger partial charge on any atom is -0.354 e. The molecular weight excluding hydrogens is 264 g/mol. The zero-order valence-electron chi connectivity index (χ0n) is 15.2. The SMILES string of the molecule is CC(=O)CN(C)CCNC(=O)C(C)(C)CC(C)(C)C(C)C. The summed E-state index contributed by atoms with van der Waals surface area (Å²) >= 11 is 0. The molecule has 0 unspecified atom stereocenters. The van der Waals surface area contributed by atoms with Crippen molar-refractivity contribution in [2.45, 2.75) is 54.9 Å². The minimum atomic E-state index is -0.382. The molecule has 0 atom stereocenters. The first-order valence-electron chi connectivity index (χ1n) is 7.85. The highest BCUT2D eigenvalue weighted by molar-refractivity contribution is 5.81. The minimum absolute atomic E-state index is 0.0902. The molecule has 0 saturated heterocycles. The van der Waals surface area contributed by atoms with Gasteiger partial charge in [0, 0.05) is 18.5 Å². The van der Waals surface area contributed by atoms with Crippen LogP contribution in [-0.4, -0.2) is 43.3 Å². The van der Waals surface area contributed by atoms with Crippen molar-refractivity contribution in [3.63, 3.8) is 0 Å². The predicted octanol–water partition coefficient (Wildman–Crippen LogP) is 2.72. The van der Waals surface area contributed by atoms with Crippen LogP contribution in [0.3, 0.4) is 0 Å². The predicted molar refractivity (Wildman–Crippen MR) is 88.2 cm³/mol. The molecule has 0 radical (unpaired) electrons. The molecule has 0 heterocycles. The molecule has 4 nitrogen and oxygen atoms in total. The van der Waals surface area contributed by atoms with Crippen molar-refractivity contribution in [3.8, 4) is 0 Å². The van der Waals surface area contributed by atoms with E-state index >= 15 is 0 Å². The summed E-state index contributed by atoms with van der Waals surface area (Å²) in [6.07, 6.45) is 0.854. The van der Waals surface area contributed by atoms with Crippen molar-refractivity contribution in [1.82, 2.24) is 10.2 Å². The number of carbonyl (C=O) groups is 2. The summed E-state index contributed by atoms with van der Waals surface area (Å²) < 4.78 is 0. The van der Waals surface area contributed by atoms with E-state index in [1.165, 1.54) is 0 Å². The maximum Gasteiger partial charge on any atom is 0.225 e. The van der Waals surface area contributed by atoms with Crippen molar-refractivity contribution in [1.29, 1.82) is 0 Å². The maximum atomic E-state index is 12.4. The van der Waals surface area contributed by atoms with Crippen LogP contribution in [0.15, 0.2) is 0 Å². The number of amides is 1. The molecule has 0 bridgehead atoms. The molecule has 0 aliphatic heterocycles. The van der Waals surface area contributed by atoms with Gasteiger partial charge < -0.3 is 5.32 Å². The molecule has 0 spiro atoms. The Bertz CT molecular complexity index is 360. The molecule has 0 saturated carbocycles. The van der Waals surface area contributed by atoms with E-state index in [9.17, 15) is 9.59 Å². The van der Waals surface area contributed by atoms with Crippen molar-refractivity contribution < 1.29 is 9.59 Å². The Balaban J connectivity index is 4.35. The Kier molecular flexibility index (Phi) is 7.58. The molecule has 1 N–H and O–H groups in total. The van der Waals surface area contributed by atoms with E-state index in [-0.39, 0.29) is 22.5 Å². The maximum absolute atomic E-state index is 12.4. The zero-order valence-corrected chi connectivity index (χ0v) is 15.2. The number of likely N-dealkylation sites (N-methyl/N-ethyl adjacent to an activating group) is 1. The molecular formula is C17H34N2O2. The quantitative estimate of drug-likeness (QED) is 0.712. The Labute approximate surface area is 130 Å². The molecule has 0 aromatic carbocycles. The highest BCUT2D eigenvalue weighted by Gasteiger charge is 2.36. The molecule has 0 fully saturated rings. The lowest BCUT2D eigenvalue weighted by Gasteiger charge is -2.37. The van der Waals surface area contributed by atoms with Crippen molar-refractivity contribution in [2.24, 2.45) is 16.7 Å². The van der Waals surface area contributed by atoms with Crippen LogP contribution in [0, 0.1) is 16.7 Å². The smallest absolute Gasteiger partial charge is 0.225 e. The summed E-state index contributed by atoms with van der Waals surface area (Å²) in [5.74, 6) is 0.765. The summed E-state index contributed by atoms with van der Waals surface area (Å²) in [6, 6.07) is 0. The van der Waals surface area contributed by atoms with E-state index in [4.69, 9.17) is 0 Å². The lowest BCUT2D eigenvalue weighted by atomic mass is 9.69. The second kappa shape index (κ2) is 7.92. The van der Waals surface area contributed by atoms with Crippen LogP contribution in [0.25, 0.3) is 0 Å². The van der Waals surface area contributed by atoms with Gasteiger partial charge in [-0.25, -0.2) is 0 Å². The van der Waals surface area contributed by atoms with Gasteiger partial charge in [0.05, 0.1) is 6.54 Å². The van der Waals surface area contributed by atoms with E-state index in [2.05, 4.69) is 33.0 Å². The summed E-state index contributed by atoms with van der Waals surface area (Å²) in [6.45, 7) is 16.1. The summed E-state index contributed by atoms with van der Waals surface area (Å²) in [5.41, 5.74) is -0.251. The number of ketones is 1. The molecule has 0 aliphatic carbocycles. The van der Waals surface area contributed by atoms with Gasteiger partial charge in [-0.3, -0.25) is 14.5 Å². The molecule has 0 aromatic rings. The van der Waals surface area contributed by atoms with Gasteiger partial charge >= 0.3 is 0 Å². The third-order valence-corrected chi connectivity index (χ3v) is 4.35. The summed E-state index contributed by atoms with van der Waals surface area (Å²) in [7, 11) is 1.89. The lowest BCUT2D eigenvalue weighted by Crippen LogP contribution is -2.43. The Morgan fingerprint density at radius 2 is 1.67 bits per heavy atom. The van der Waals surface area contributed by atoms with Gasteiger partial charge in [0.25, 0.3) is 0 Å². The van der Waals surface area contributed by atoms with Crippen LogP contribution < -0.4 is 5.32 Å². The topological polar surface area (TPSA) is 49.4 Å². The molecule has 21 heavy (non-hydrogen) atoms. The molecule has 124 valence electrons. The van der Waals surface area contributed by atoms with Crippen LogP contribution in [-0.2, 0) is 9.59 Å². The van der Waals surface area contributed by atoms with E-state index in [1.807, 2.05) is 25.8 Å². The number of rotatable bonds is 9. The van der Waals surface area contributed by atoms with Gasteiger partial charge in [-0.05, 0) is 31.7 Å². The number of Topliss-reactive ketones (excluding diaryl/α,β-unsaturated/α-hetero) is 1. The van der Waals surface area contributed by atoms with Crippen LogP contribution >= 0.6 is 0 Å². The van der Waals surface area contributed by atoms with E-state index in [1.54, 1.807) is 6.92 Å². The van der Waals surface area contributed by atoms with E-state index in [0.29, 0.717) is 25.6 Å². The van der Waals surface area contributed by atoms with Gasteiger partial charge in [0.1, 0.15) is 5.78 Å². The normalized spacial score (nSPS) is 12.9. The van der Waals surface area contributed by atoms with Gasteiger partial charge in [0.2, 0.25) is 5.91 Å². The first-order chi connectivity index (χ1) is 9.38. The Morgan fingerprint density at radius 3 is 2.10 bits per heavy atom. The Morgan fingerprint density at radius 1 is 1.14 bits per heavy atom. The zero-order chi connectivity index (χ0) is 16.8. The molecule has 1 amide bonds. The van der Waals surface area contributed by atoms with Crippen molar-refractivity contribution >= 4 is 11.7 Å². The second-order valence-electron chi connectivity index (χ2n) is 7.90. The van der Waals surface area contributed by atoms with Crippen molar-refractivity contribution in [2.75, 3.05) is 26.7 Å².